The fraction of sp³-hybridized carbons (Fsp3) is 0.250. The molecule has 0 fully saturated rings. The third-order valence-electron chi connectivity index (χ3n) is 2.28. The van der Waals surface area contributed by atoms with Crippen molar-refractivity contribution < 1.29 is 4.74 Å². The summed E-state index contributed by atoms with van der Waals surface area (Å²) in [5.74, 6) is 0. The van der Waals surface area contributed by atoms with E-state index in [2.05, 4.69) is 11.1 Å². The quantitative estimate of drug-likeness (QED) is 0.883. The average Bonchev–Trinajstić information content (AvgIpc) is 2.78. The van der Waals surface area contributed by atoms with Gasteiger partial charge in [-0.1, -0.05) is 18.2 Å². The number of hydrogen-bond acceptors (Lipinski definition) is 4. The van der Waals surface area contributed by atoms with E-state index < -0.39 is 0 Å². The van der Waals surface area contributed by atoms with Crippen molar-refractivity contribution >= 4 is 11.3 Å². The van der Waals surface area contributed by atoms with Gasteiger partial charge >= 0.3 is 0 Å². The van der Waals surface area contributed by atoms with E-state index in [4.69, 9.17) is 10.5 Å². The summed E-state index contributed by atoms with van der Waals surface area (Å²) in [6, 6.07) is 8.15. The smallest absolute Gasteiger partial charge is 0.119 e. The van der Waals surface area contributed by atoms with Crippen LogP contribution in [0.4, 0.5) is 0 Å². The third kappa shape index (κ3) is 2.47. The second-order valence-electron chi connectivity index (χ2n) is 3.46. The van der Waals surface area contributed by atoms with Crippen molar-refractivity contribution in [2.75, 3.05) is 7.11 Å². The molecule has 16 heavy (non-hydrogen) atoms. The molecule has 3 nitrogen and oxygen atoms in total. The zero-order valence-electron chi connectivity index (χ0n) is 9.14. The highest BCUT2D eigenvalue weighted by atomic mass is 32.1. The Morgan fingerprint density at radius 3 is 3.06 bits per heavy atom. The van der Waals surface area contributed by atoms with E-state index in [1.807, 2.05) is 23.6 Å². The van der Waals surface area contributed by atoms with E-state index in [9.17, 15) is 0 Å². The highest BCUT2D eigenvalue weighted by Crippen LogP contribution is 2.23. The molecule has 1 heterocycles. The second kappa shape index (κ2) is 5.21. The fourth-order valence-electron chi connectivity index (χ4n) is 1.49. The van der Waals surface area contributed by atoms with Gasteiger partial charge in [0.15, 0.2) is 0 Å². The molecule has 0 spiro atoms. The van der Waals surface area contributed by atoms with Crippen molar-refractivity contribution in [1.29, 1.82) is 0 Å². The Bertz CT molecular complexity index is 468. The number of thiazole rings is 1. The molecule has 0 aliphatic heterocycles. The SMILES string of the molecule is COCc1nc(-c2cccc(CN)c2)cs1. The standard InChI is InChI=1S/C12H14N2OS/c1-15-7-12-14-11(8-16-12)10-4-2-3-9(5-10)6-13/h2-5,8H,6-7,13H2,1H3. The largest absolute Gasteiger partial charge is 0.378 e. The van der Waals surface area contributed by atoms with Gasteiger partial charge in [0.05, 0.1) is 12.3 Å². The van der Waals surface area contributed by atoms with E-state index in [-0.39, 0.29) is 0 Å². The lowest BCUT2D eigenvalue weighted by Crippen LogP contribution is -1.95. The van der Waals surface area contributed by atoms with Crippen LogP contribution in [0.1, 0.15) is 10.6 Å². The molecule has 0 aliphatic carbocycles. The van der Waals surface area contributed by atoms with Gasteiger partial charge in [0.25, 0.3) is 0 Å². The number of rotatable bonds is 4. The Hall–Kier alpha value is -1.23. The number of aromatic nitrogens is 1. The average molecular weight is 234 g/mol. The minimum absolute atomic E-state index is 0.558. The van der Waals surface area contributed by atoms with Gasteiger partial charge in [-0.2, -0.15) is 0 Å². The first-order valence-corrected chi connectivity index (χ1v) is 5.94. The lowest BCUT2D eigenvalue weighted by Gasteiger charge is -2.00. The lowest BCUT2D eigenvalue weighted by atomic mass is 10.1. The van der Waals surface area contributed by atoms with Gasteiger partial charge in [-0.15, -0.1) is 11.3 Å². The first kappa shape index (κ1) is 11.3. The first-order chi connectivity index (χ1) is 7.83. The van der Waals surface area contributed by atoms with Crippen molar-refractivity contribution in [2.24, 2.45) is 5.73 Å². The van der Waals surface area contributed by atoms with Gasteiger partial charge in [0.1, 0.15) is 5.01 Å². The molecule has 0 radical (unpaired) electrons. The maximum Gasteiger partial charge on any atom is 0.119 e. The van der Waals surface area contributed by atoms with Crippen molar-refractivity contribution in [3.05, 3.63) is 40.2 Å². The number of benzene rings is 1. The zero-order chi connectivity index (χ0) is 11.4. The van der Waals surface area contributed by atoms with E-state index in [1.54, 1.807) is 18.4 Å². The predicted molar refractivity (Wildman–Crippen MR) is 66.2 cm³/mol. The van der Waals surface area contributed by atoms with Crippen LogP contribution in [0.15, 0.2) is 29.6 Å². The van der Waals surface area contributed by atoms with Crippen LogP contribution in [0.5, 0.6) is 0 Å². The summed E-state index contributed by atoms with van der Waals surface area (Å²) in [5.41, 5.74) is 8.84. The van der Waals surface area contributed by atoms with E-state index in [0.717, 1.165) is 21.8 Å². The topological polar surface area (TPSA) is 48.1 Å². The van der Waals surface area contributed by atoms with Crippen molar-refractivity contribution in [3.63, 3.8) is 0 Å². The summed E-state index contributed by atoms with van der Waals surface area (Å²) in [6.07, 6.45) is 0. The van der Waals surface area contributed by atoms with Gasteiger partial charge in [0, 0.05) is 24.6 Å². The summed E-state index contributed by atoms with van der Waals surface area (Å²) in [5, 5.41) is 3.04. The number of nitrogens with two attached hydrogens (primary N) is 1. The van der Waals surface area contributed by atoms with Crippen LogP contribution in [0.25, 0.3) is 11.3 Å². The summed E-state index contributed by atoms with van der Waals surface area (Å²) in [4.78, 5) is 4.50. The Kier molecular flexibility index (Phi) is 3.66. The molecule has 0 bridgehead atoms. The molecule has 2 N–H and O–H groups in total. The molecule has 1 aromatic heterocycles. The molecule has 0 aliphatic rings. The molecular formula is C12H14N2OS. The molecule has 1 aromatic carbocycles. The van der Waals surface area contributed by atoms with Gasteiger partial charge in [-0.05, 0) is 11.6 Å². The van der Waals surface area contributed by atoms with Crippen LogP contribution in [0, 0.1) is 0 Å². The maximum atomic E-state index is 5.61. The van der Waals surface area contributed by atoms with Crippen molar-refractivity contribution in [2.45, 2.75) is 13.2 Å². The Morgan fingerprint density at radius 2 is 2.31 bits per heavy atom. The normalized spacial score (nSPS) is 10.6. The molecule has 84 valence electrons. The van der Waals surface area contributed by atoms with Crippen molar-refractivity contribution in [3.8, 4) is 11.3 Å². The minimum atomic E-state index is 0.558. The maximum absolute atomic E-state index is 5.61. The minimum Gasteiger partial charge on any atom is -0.378 e. The van der Waals surface area contributed by atoms with Gasteiger partial charge in [-0.25, -0.2) is 4.98 Å². The number of ether oxygens (including phenoxy) is 1. The van der Waals surface area contributed by atoms with Crippen LogP contribution in [-0.2, 0) is 17.9 Å². The van der Waals surface area contributed by atoms with Crippen LogP contribution in [0.3, 0.4) is 0 Å². The van der Waals surface area contributed by atoms with Gasteiger partial charge in [-0.3, -0.25) is 0 Å². The Balaban J connectivity index is 2.27. The number of nitrogens with zero attached hydrogens (tertiary/aromatic N) is 1. The van der Waals surface area contributed by atoms with Gasteiger partial charge < -0.3 is 10.5 Å². The van der Waals surface area contributed by atoms with E-state index in [0.29, 0.717) is 13.2 Å². The molecule has 0 amide bonds. The van der Waals surface area contributed by atoms with Crippen LogP contribution in [0.2, 0.25) is 0 Å². The zero-order valence-corrected chi connectivity index (χ0v) is 9.96. The fourth-order valence-corrected chi connectivity index (χ4v) is 2.26. The van der Waals surface area contributed by atoms with Crippen LogP contribution in [-0.4, -0.2) is 12.1 Å². The number of methoxy groups -OCH3 is 1. The Labute approximate surface area is 98.9 Å². The van der Waals surface area contributed by atoms with E-state index >= 15 is 0 Å². The lowest BCUT2D eigenvalue weighted by molar-refractivity contribution is 0.184. The molecular weight excluding hydrogens is 220 g/mol. The van der Waals surface area contributed by atoms with E-state index in [1.165, 1.54) is 0 Å². The molecule has 0 atom stereocenters. The second-order valence-corrected chi connectivity index (χ2v) is 4.41. The Morgan fingerprint density at radius 1 is 1.44 bits per heavy atom. The third-order valence-corrected chi connectivity index (χ3v) is 3.10. The summed E-state index contributed by atoms with van der Waals surface area (Å²) >= 11 is 1.62. The number of hydrogen-bond donors (Lipinski definition) is 1. The van der Waals surface area contributed by atoms with Gasteiger partial charge in [0.2, 0.25) is 0 Å². The monoisotopic (exact) mass is 234 g/mol. The van der Waals surface area contributed by atoms with Crippen molar-refractivity contribution in [1.82, 2.24) is 4.98 Å². The predicted octanol–water partition coefficient (Wildman–Crippen LogP) is 2.42. The molecule has 4 heteroatoms. The first-order valence-electron chi connectivity index (χ1n) is 5.06. The highest BCUT2D eigenvalue weighted by Gasteiger charge is 2.04. The molecule has 0 unspecified atom stereocenters. The molecule has 0 saturated carbocycles. The molecule has 2 aromatic rings. The highest BCUT2D eigenvalue weighted by molar-refractivity contribution is 7.09. The summed E-state index contributed by atoms with van der Waals surface area (Å²) in [7, 11) is 1.68. The molecule has 2 rings (SSSR count). The summed E-state index contributed by atoms with van der Waals surface area (Å²) in [6.45, 7) is 1.13. The summed E-state index contributed by atoms with van der Waals surface area (Å²) < 4.78 is 5.05. The van der Waals surface area contributed by atoms with Crippen LogP contribution >= 0.6 is 11.3 Å². The van der Waals surface area contributed by atoms with Crippen LogP contribution < -0.4 is 5.73 Å². The molecule has 0 saturated heterocycles.